The molecule has 5 heteroatoms. The average Bonchev–Trinajstić information content (AvgIpc) is 3.19. The maximum absolute atomic E-state index is 12.0. The molecule has 1 N–H and O–H groups in total. The second kappa shape index (κ2) is 6.70. The third-order valence-electron chi connectivity index (χ3n) is 8.71. The van der Waals surface area contributed by atoms with Crippen molar-refractivity contribution < 1.29 is 24.1 Å². The van der Waals surface area contributed by atoms with Crippen molar-refractivity contribution >= 4 is 5.97 Å². The summed E-state index contributed by atoms with van der Waals surface area (Å²) in [6, 6.07) is 0. The predicted molar refractivity (Wildman–Crippen MR) is 101 cm³/mol. The zero-order valence-corrected chi connectivity index (χ0v) is 17.3. The van der Waals surface area contributed by atoms with Gasteiger partial charge in [-0.3, -0.25) is 4.79 Å². The minimum absolute atomic E-state index is 0.136. The summed E-state index contributed by atoms with van der Waals surface area (Å²) in [7, 11) is 0. The first-order valence-corrected chi connectivity index (χ1v) is 10.8. The number of aliphatic hydroxyl groups excluding tert-OH is 1. The van der Waals surface area contributed by atoms with Gasteiger partial charge in [0.05, 0.1) is 19.3 Å². The summed E-state index contributed by atoms with van der Waals surface area (Å²) in [6.07, 6.45) is 6.25. The van der Waals surface area contributed by atoms with Gasteiger partial charge >= 0.3 is 5.97 Å². The van der Waals surface area contributed by atoms with E-state index in [9.17, 15) is 9.90 Å². The Labute approximate surface area is 163 Å². The van der Waals surface area contributed by atoms with Crippen molar-refractivity contribution in [3.8, 4) is 0 Å². The van der Waals surface area contributed by atoms with Crippen LogP contribution < -0.4 is 0 Å². The molecule has 5 nitrogen and oxygen atoms in total. The zero-order valence-electron chi connectivity index (χ0n) is 17.3. The molecule has 0 amide bonds. The third kappa shape index (κ3) is 2.87. The van der Waals surface area contributed by atoms with Gasteiger partial charge in [-0.25, -0.2) is 0 Å². The van der Waals surface area contributed by atoms with E-state index in [1.807, 2.05) is 0 Å². The van der Waals surface area contributed by atoms with E-state index < -0.39 is 5.79 Å². The van der Waals surface area contributed by atoms with Gasteiger partial charge in [0.1, 0.15) is 6.10 Å². The number of rotatable bonds is 2. The molecular formula is C22H36O5. The van der Waals surface area contributed by atoms with Crippen LogP contribution in [0.25, 0.3) is 0 Å². The largest absolute Gasteiger partial charge is 0.462 e. The number of fused-ring (bicyclic) bond motifs is 2. The number of carbonyl (C=O) groups is 1. The lowest BCUT2D eigenvalue weighted by atomic mass is 9.53. The molecule has 1 spiro atoms. The van der Waals surface area contributed by atoms with Crippen LogP contribution >= 0.6 is 0 Å². The second-order valence-electron chi connectivity index (χ2n) is 10.1. The summed E-state index contributed by atoms with van der Waals surface area (Å²) >= 11 is 0. The Kier molecular flexibility index (Phi) is 4.88. The van der Waals surface area contributed by atoms with Crippen molar-refractivity contribution in [2.75, 3.05) is 13.2 Å². The molecule has 0 aromatic rings. The number of carbonyl (C=O) groups excluding carboxylic acids is 1. The fourth-order valence-electron chi connectivity index (χ4n) is 6.95. The average molecular weight is 381 g/mol. The first kappa shape index (κ1) is 19.7. The summed E-state index contributed by atoms with van der Waals surface area (Å²) < 4.78 is 18.3. The number of ether oxygens (including phenoxy) is 3. The second-order valence-corrected chi connectivity index (χ2v) is 10.1. The molecule has 4 aliphatic rings. The highest BCUT2D eigenvalue weighted by Crippen LogP contribution is 2.65. The van der Waals surface area contributed by atoms with Crippen LogP contribution in [0.15, 0.2) is 0 Å². The molecule has 27 heavy (non-hydrogen) atoms. The Bertz CT molecular complexity index is 585. The van der Waals surface area contributed by atoms with Crippen LogP contribution in [-0.2, 0) is 19.0 Å². The van der Waals surface area contributed by atoms with Gasteiger partial charge in [-0.15, -0.1) is 0 Å². The lowest BCUT2D eigenvalue weighted by Crippen LogP contribution is -2.58. The van der Waals surface area contributed by atoms with Crippen LogP contribution in [0.3, 0.4) is 0 Å². The molecule has 1 aliphatic heterocycles. The lowest BCUT2D eigenvalue weighted by molar-refractivity contribution is -0.253. The van der Waals surface area contributed by atoms with Crippen molar-refractivity contribution in [3.05, 3.63) is 0 Å². The van der Waals surface area contributed by atoms with Gasteiger partial charge in [-0.1, -0.05) is 20.8 Å². The fourth-order valence-corrected chi connectivity index (χ4v) is 6.95. The van der Waals surface area contributed by atoms with E-state index in [0.29, 0.717) is 19.1 Å². The van der Waals surface area contributed by atoms with Gasteiger partial charge in [0.25, 0.3) is 0 Å². The van der Waals surface area contributed by atoms with Crippen LogP contribution in [0.2, 0.25) is 0 Å². The van der Waals surface area contributed by atoms with E-state index in [4.69, 9.17) is 14.2 Å². The molecule has 7 atom stereocenters. The molecule has 1 saturated heterocycles. The minimum Gasteiger partial charge on any atom is -0.462 e. The molecule has 4 fully saturated rings. The smallest absolute Gasteiger partial charge is 0.302 e. The molecule has 1 heterocycles. The number of aliphatic hydroxyl groups is 1. The molecular weight excluding hydrogens is 344 g/mol. The standard InChI is InChI=1S/C22H36O5/c1-14-5-8-20(3,18(24)13-14)16-6-9-21(4)17(19(16)27-15(2)23)7-10-22(21)25-11-12-26-22/h14,16-19,24H,5-13H2,1-4H3/t14-,16?,17?,18-,19?,20+,21-/m0/s1. The summed E-state index contributed by atoms with van der Waals surface area (Å²) in [5.74, 6) is 0.247. The van der Waals surface area contributed by atoms with E-state index in [-0.39, 0.29) is 40.8 Å². The molecule has 154 valence electrons. The molecule has 0 aromatic heterocycles. The van der Waals surface area contributed by atoms with Crippen molar-refractivity contribution in [2.24, 2.45) is 28.6 Å². The Morgan fingerprint density at radius 1 is 1.04 bits per heavy atom. The van der Waals surface area contributed by atoms with E-state index in [2.05, 4.69) is 20.8 Å². The molecule has 4 rings (SSSR count). The number of esters is 1. The first-order chi connectivity index (χ1) is 12.7. The molecule has 3 aliphatic carbocycles. The summed E-state index contributed by atoms with van der Waals surface area (Å²) in [5, 5.41) is 11.0. The topological polar surface area (TPSA) is 65.0 Å². The molecule has 0 bridgehead atoms. The Balaban J connectivity index is 1.66. The highest BCUT2D eigenvalue weighted by Gasteiger charge is 2.67. The quantitative estimate of drug-likeness (QED) is 0.741. The molecule has 0 aromatic carbocycles. The monoisotopic (exact) mass is 380 g/mol. The van der Waals surface area contributed by atoms with Gasteiger partial charge in [0, 0.05) is 30.6 Å². The maximum Gasteiger partial charge on any atom is 0.302 e. The van der Waals surface area contributed by atoms with Gasteiger partial charge in [-0.05, 0) is 49.9 Å². The lowest BCUT2D eigenvalue weighted by Gasteiger charge is -2.56. The van der Waals surface area contributed by atoms with E-state index in [0.717, 1.165) is 44.9 Å². The van der Waals surface area contributed by atoms with Crippen LogP contribution in [-0.4, -0.2) is 42.3 Å². The third-order valence-corrected chi connectivity index (χ3v) is 8.71. The number of hydrogen-bond acceptors (Lipinski definition) is 5. The minimum atomic E-state index is -0.512. The van der Waals surface area contributed by atoms with Crippen molar-refractivity contribution in [2.45, 2.75) is 90.6 Å². The van der Waals surface area contributed by atoms with Crippen LogP contribution in [0.1, 0.15) is 72.6 Å². The highest BCUT2D eigenvalue weighted by molar-refractivity contribution is 5.66. The van der Waals surface area contributed by atoms with Gasteiger partial charge in [0.15, 0.2) is 5.79 Å². The predicted octanol–water partition coefficient (Wildman–Crippen LogP) is 3.67. The van der Waals surface area contributed by atoms with Crippen LogP contribution in [0.4, 0.5) is 0 Å². The van der Waals surface area contributed by atoms with E-state index in [1.165, 1.54) is 6.92 Å². The fraction of sp³-hybridized carbons (Fsp3) is 0.955. The molecule has 3 saturated carbocycles. The van der Waals surface area contributed by atoms with Crippen molar-refractivity contribution in [1.29, 1.82) is 0 Å². The zero-order chi connectivity index (χ0) is 19.4. The van der Waals surface area contributed by atoms with E-state index >= 15 is 0 Å². The van der Waals surface area contributed by atoms with E-state index in [1.54, 1.807) is 0 Å². The Morgan fingerprint density at radius 3 is 2.33 bits per heavy atom. The SMILES string of the molecule is CC(=O)OC1C2CCC3(OCCO3)[C@@]2(C)CCC1[C@@]1(C)CC[C@H](C)C[C@@H]1O. The van der Waals surface area contributed by atoms with Crippen LogP contribution in [0, 0.1) is 28.6 Å². The highest BCUT2D eigenvalue weighted by atomic mass is 16.7. The van der Waals surface area contributed by atoms with Gasteiger partial charge in [0.2, 0.25) is 0 Å². The summed E-state index contributed by atoms with van der Waals surface area (Å²) in [6.45, 7) is 9.53. The molecule has 3 unspecified atom stereocenters. The van der Waals surface area contributed by atoms with Crippen molar-refractivity contribution in [1.82, 2.24) is 0 Å². The van der Waals surface area contributed by atoms with Gasteiger partial charge in [-0.2, -0.15) is 0 Å². The summed E-state index contributed by atoms with van der Waals surface area (Å²) in [4.78, 5) is 12.0. The Morgan fingerprint density at radius 2 is 1.70 bits per heavy atom. The Hall–Kier alpha value is -0.650. The van der Waals surface area contributed by atoms with Crippen LogP contribution in [0.5, 0.6) is 0 Å². The summed E-state index contributed by atoms with van der Waals surface area (Å²) in [5.41, 5.74) is -0.329. The maximum atomic E-state index is 12.0. The molecule has 0 radical (unpaired) electrons. The van der Waals surface area contributed by atoms with Crippen molar-refractivity contribution in [3.63, 3.8) is 0 Å². The van der Waals surface area contributed by atoms with Gasteiger partial charge < -0.3 is 19.3 Å². The first-order valence-electron chi connectivity index (χ1n) is 10.8. The normalized spacial score (nSPS) is 49.1. The number of hydrogen-bond donors (Lipinski definition) is 1.